The van der Waals surface area contributed by atoms with Crippen molar-refractivity contribution in [2.75, 3.05) is 26.2 Å². The molecule has 0 unspecified atom stereocenters. The van der Waals surface area contributed by atoms with E-state index in [9.17, 15) is 9.59 Å². The van der Waals surface area contributed by atoms with Crippen LogP contribution < -0.4 is 5.73 Å². The normalized spacial score (nSPS) is 21.6. The third kappa shape index (κ3) is 4.93. The molecule has 0 aromatic heterocycles. The first kappa shape index (κ1) is 18.2. The molecule has 2 N–H and O–H groups in total. The summed E-state index contributed by atoms with van der Waals surface area (Å²) in [6.07, 6.45) is 6.94. The first-order chi connectivity index (χ1) is 10.8. The Kier molecular flexibility index (Phi) is 6.06. The maximum Gasteiger partial charge on any atom is 0.240 e. The summed E-state index contributed by atoms with van der Waals surface area (Å²) in [5.74, 6) is 1.02. The standard InChI is InChI=1S/C18H33N3O2/c1-18(2,3)16(19)17(23)21-12-10-20(11-13-21)15(22)9-8-14-6-4-5-7-14/h14,16H,4-13,19H2,1-3H3/t16-/m1/s1. The number of nitrogens with two attached hydrogens (primary N) is 1. The van der Waals surface area contributed by atoms with Gasteiger partial charge in [0.15, 0.2) is 0 Å². The number of hydrogen-bond donors (Lipinski definition) is 1. The SMILES string of the molecule is CC(C)(C)[C@H](N)C(=O)N1CCN(C(=O)CCC2CCCC2)CC1. The highest BCUT2D eigenvalue weighted by atomic mass is 16.2. The minimum atomic E-state index is -0.480. The minimum Gasteiger partial charge on any atom is -0.339 e. The van der Waals surface area contributed by atoms with E-state index in [4.69, 9.17) is 5.73 Å². The molecule has 0 spiro atoms. The zero-order chi connectivity index (χ0) is 17.0. The van der Waals surface area contributed by atoms with Gasteiger partial charge < -0.3 is 15.5 Å². The van der Waals surface area contributed by atoms with E-state index in [1.54, 1.807) is 0 Å². The van der Waals surface area contributed by atoms with Crippen molar-refractivity contribution in [2.24, 2.45) is 17.1 Å². The number of carbonyl (C=O) groups excluding carboxylic acids is 2. The number of carbonyl (C=O) groups is 2. The van der Waals surface area contributed by atoms with Gasteiger partial charge >= 0.3 is 0 Å². The number of piperazine rings is 1. The van der Waals surface area contributed by atoms with Crippen LogP contribution in [-0.2, 0) is 9.59 Å². The van der Waals surface area contributed by atoms with Crippen molar-refractivity contribution < 1.29 is 9.59 Å². The van der Waals surface area contributed by atoms with Gasteiger partial charge in [-0.1, -0.05) is 46.5 Å². The zero-order valence-electron chi connectivity index (χ0n) is 15.0. The molecule has 5 heteroatoms. The first-order valence-corrected chi connectivity index (χ1v) is 9.11. The van der Waals surface area contributed by atoms with Crippen LogP contribution in [0.15, 0.2) is 0 Å². The van der Waals surface area contributed by atoms with Gasteiger partial charge in [0.2, 0.25) is 11.8 Å². The second-order valence-corrected chi connectivity index (χ2v) is 8.24. The molecule has 0 aromatic carbocycles. The van der Waals surface area contributed by atoms with Gasteiger partial charge in [-0.2, -0.15) is 0 Å². The molecule has 1 saturated carbocycles. The van der Waals surface area contributed by atoms with E-state index >= 15 is 0 Å². The summed E-state index contributed by atoms with van der Waals surface area (Å²) in [7, 11) is 0. The van der Waals surface area contributed by atoms with E-state index in [2.05, 4.69) is 0 Å². The number of nitrogens with zero attached hydrogens (tertiary/aromatic N) is 2. The topological polar surface area (TPSA) is 66.6 Å². The van der Waals surface area contributed by atoms with Crippen molar-refractivity contribution in [3.8, 4) is 0 Å². The fraction of sp³-hybridized carbons (Fsp3) is 0.889. The van der Waals surface area contributed by atoms with Gasteiger partial charge in [0.25, 0.3) is 0 Å². The van der Waals surface area contributed by atoms with Gasteiger partial charge in [-0.25, -0.2) is 0 Å². The first-order valence-electron chi connectivity index (χ1n) is 9.11. The molecule has 1 heterocycles. The molecule has 1 aliphatic heterocycles. The Morgan fingerprint density at radius 3 is 2.09 bits per heavy atom. The maximum absolute atomic E-state index is 12.4. The molecule has 5 nitrogen and oxygen atoms in total. The summed E-state index contributed by atoms with van der Waals surface area (Å²) in [4.78, 5) is 28.5. The molecule has 1 aliphatic carbocycles. The lowest BCUT2D eigenvalue weighted by atomic mass is 9.86. The van der Waals surface area contributed by atoms with Crippen LogP contribution in [0.1, 0.15) is 59.3 Å². The number of amides is 2. The summed E-state index contributed by atoms with van der Waals surface area (Å²) in [5.41, 5.74) is 5.83. The molecule has 2 aliphatic rings. The quantitative estimate of drug-likeness (QED) is 0.860. The minimum absolute atomic E-state index is 0.00977. The summed E-state index contributed by atoms with van der Waals surface area (Å²) in [5, 5.41) is 0. The lowest BCUT2D eigenvalue weighted by Gasteiger charge is -2.38. The Morgan fingerprint density at radius 1 is 1.04 bits per heavy atom. The summed E-state index contributed by atoms with van der Waals surface area (Å²) < 4.78 is 0. The Bertz CT molecular complexity index is 416. The van der Waals surface area contributed by atoms with E-state index < -0.39 is 6.04 Å². The van der Waals surface area contributed by atoms with Gasteiger partial charge in [0.05, 0.1) is 6.04 Å². The molecule has 0 radical (unpaired) electrons. The Balaban J connectivity index is 1.74. The van der Waals surface area contributed by atoms with Crippen LogP contribution in [0.2, 0.25) is 0 Å². The molecule has 2 rings (SSSR count). The highest BCUT2D eigenvalue weighted by Gasteiger charge is 2.33. The Morgan fingerprint density at radius 2 is 1.57 bits per heavy atom. The fourth-order valence-corrected chi connectivity index (χ4v) is 3.53. The van der Waals surface area contributed by atoms with Crippen molar-refractivity contribution in [3.63, 3.8) is 0 Å². The van der Waals surface area contributed by atoms with Crippen LogP contribution in [0.3, 0.4) is 0 Å². The van der Waals surface area contributed by atoms with Gasteiger partial charge in [-0.05, 0) is 17.8 Å². The van der Waals surface area contributed by atoms with Crippen molar-refractivity contribution in [2.45, 2.75) is 65.3 Å². The van der Waals surface area contributed by atoms with Crippen LogP contribution in [0.5, 0.6) is 0 Å². The molecule has 132 valence electrons. The largest absolute Gasteiger partial charge is 0.339 e. The van der Waals surface area contributed by atoms with E-state index in [1.165, 1.54) is 25.7 Å². The summed E-state index contributed by atoms with van der Waals surface area (Å²) >= 11 is 0. The molecular formula is C18H33N3O2. The van der Waals surface area contributed by atoms with Crippen molar-refractivity contribution >= 4 is 11.8 Å². The predicted molar refractivity (Wildman–Crippen MR) is 91.8 cm³/mol. The fourth-order valence-electron chi connectivity index (χ4n) is 3.53. The lowest BCUT2D eigenvalue weighted by Crippen LogP contribution is -2.56. The van der Waals surface area contributed by atoms with E-state index in [0.29, 0.717) is 32.6 Å². The molecule has 0 bridgehead atoms. The second kappa shape index (κ2) is 7.65. The summed E-state index contributed by atoms with van der Waals surface area (Å²) in [6.45, 7) is 8.46. The average Bonchev–Trinajstić information content (AvgIpc) is 3.04. The van der Waals surface area contributed by atoms with Crippen LogP contribution in [0.25, 0.3) is 0 Å². The van der Waals surface area contributed by atoms with Crippen molar-refractivity contribution in [1.29, 1.82) is 0 Å². The smallest absolute Gasteiger partial charge is 0.240 e. The molecule has 0 aromatic rings. The van der Waals surface area contributed by atoms with E-state index in [1.807, 2.05) is 30.6 Å². The van der Waals surface area contributed by atoms with Crippen LogP contribution in [0, 0.1) is 11.3 Å². The number of rotatable bonds is 4. The van der Waals surface area contributed by atoms with E-state index in [0.717, 1.165) is 12.3 Å². The Labute approximate surface area is 140 Å². The number of hydrogen-bond acceptors (Lipinski definition) is 3. The van der Waals surface area contributed by atoms with Gasteiger partial charge in [0, 0.05) is 32.6 Å². The third-order valence-corrected chi connectivity index (χ3v) is 5.38. The monoisotopic (exact) mass is 323 g/mol. The molecule has 23 heavy (non-hydrogen) atoms. The summed E-state index contributed by atoms with van der Waals surface area (Å²) in [6, 6.07) is -0.480. The predicted octanol–water partition coefficient (Wildman–Crippen LogP) is 2.00. The molecule has 1 atom stereocenters. The third-order valence-electron chi connectivity index (χ3n) is 5.38. The molecular weight excluding hydrogens is 290 g/mol. The Hall–Kier alpha value is -1.10. The van der Waals surface area contributed by atoms with E-state index in [-0.39, 0.29) is 17.2 Å². The van der Waals surface area contributed by atoms with Crippen LogP contribution >= 0.6 is 0 Å². The average molecular weight is 323 g/mol. The highest BCUT2D eigenvalue weighted by Crippen LogP contribution is 2.28. The van der Waals surface area contributed by atoms with Crippen molar-refractivity contribution in [3.05, 3.63) is 0 Å². The van der Waals surface area contributed by atoms with Gasteiger partial charge in [0.1, 0.15) is 0 Å². The maximum atomic E-state index is 12.4. The van der Waals surface area contributed by atoms with Crippen LogP contribution in [0.4, 0.5) is 0 Å². The highest BCUT2D eigenvalue weighted by molar-refractivity contribution is 5.83. The second-order valence-electron chi connectivity index (χ2n) is 8.24. The lowest BCUT2D eigenvalue weighted by molar-refractivity contribution is -0.141. The zero-order valence-corrected chi connectivity index (χ0v) is 15.0. The molecule has 2 fully saturated rings. The van der Waals surface area contributed by atoms with Crippen LogP contribution in [-0.4, -0.2) is 53.8 Å². The molecule has 1 saturated heterocycles. The van der Waals surface area contributed by atoms with Gasteiger partial charge in [-0.15, -0.1) is 0 Å². The van der Waals surface area contributed by atoms with Crippen molar-refractivity contribution in [1.82, 2.24) is 9.80 Å². The van der Waals surface area contributed by atoms with Gasteiger partial charge in [-0.3, -0.25) is 9.59 Å². The molecule has 2 amide bonds.